The third kappa shape index (κ3) is 2.93. The minimum Gasteiger partial charge on any atom is -0.461 e. The molecular weight excluding hydrogens is 270 g/mol. The van der Waals surface area contributed by atoms with Crippen molar-refractivity contribution in [2.24, 2.45) is 0 Å². The summed E-state index contributed by atoms with van der Waals surface area (Å²) in [5, 5.41) is 2.50. The predicted octanol–water partition coefficient (Wildman–Crippen LogP) is 1.68. The average molecular weight is 282 g/mol. The molecule has 0 saturated heterocycles. The lowest BCUT2D eigenvalue weighted by Crippen LogP contribution is -2.17. The van der Waals surface area contributed by atoms with Crippen molar-refractivity contribution < 1.29 is 18.3 Å². The Morgan fingerprint density at radius 3 is 2.80 bits per heavy atom. The average Bonchev–Trinajstić information content (AvgIpc) is 2.76. The SMILES string of the molecule is CCOC(=O)c1cc(=O)n(Cc2cc(F)ccc2F)[nH]1. The summed E-state index contributed by atoms with van der Waals surface area (Å²) in [5.41, 5.74) is -0.560. The van der Waals surface area contributed by atoms with Crippen molar-refractivity contribution in [3.63, 3.8) is 0 Å². The molecule has 0 spiro atoms. The normalized spacial score (nSPS) is 10.6. The maximum Gasteiger partial charge on any atom is 0.356 e. The molecule has 0 radical (unpaired) electrons. The molecule has 1 aromatic heterocycles. The van der Waals surface area contributed by atoms with E-state index in [-0.39, 0.29) is 24.4 Å². The van der Waals surface area contributed by atoms with Crippen molar-refractivity contribution >= 4 is 5.97 Å². The number of hydrogen-bond acceptors (Lipinski definition) is 3. The number of nitrogens with zero attached hydrogens (tertiary/aromatic N) is 1. The van der Waals surface area contributed by atoms with E-state index >= 15 is 0 Å². The van der Waals surface area contributed by atoms with E-state index in [0.29, 0.717) is 0 Å². The van der Waals surface area contributed by atoms with Crippen LogP contribution < -0.4 is 5.56 Å². The number of H-pyrrole nitrogens is 1. The molecule has 0 saturated carbocycles. The van der Waals surface area contributed by atoms with Gasteiger partial charge in [-0.2, -0.15) is 0 Å². The van der Waals surface area contributed by atoms with Crippen molar-refractivity contribution in [2.75, 3.05) is 6.61 Å². The Kier molecular flexibility index (Phi) is 3.97. The van der Waals surface area contributed by atoms with Crippen LogP contribution >= 0.6 is 0 Å². The van der Waals surface area contributed by atoms with Gasteiger partial charge in [0.2, 0.25) is 0 Å². The molecule has 106 valence electrons. The van der Waals surface area contributed by atoms with Crippen molar-refractivity contribution in [3.05, 3.63) is 57.5 Å². The predicted molar refractivity (Wildman–Crippen MR) is 66.5 cm³/mol. The number of ether oxygens (including phenoxy) is 1. The van der Waals surface area contributed by atoms with Gasteiger partial charge >= 0.3 is 5.97 Å². The zero-order valence-corrected chi connectivity index (χ0v) is 10.7. The van der Waals surface area contributed by atoms with Gasteiger partial charge in [0, 0.05) is 11.6 Å². The number of nitrogens with one attached hydrogen (secondary N) is 1. The third-order valence-corrected chi connectivity index (χ3v) is 2.62. The fourth-order valence-corrected chi connectivity index (χ4v) is 1.70. The summed E-state index contributed by atoms with van der Waals surface area (Å²) < 4.78 is 32.3. The highest BCUT2D eigenvalue weighted by Crippen LogP contribution is 2.10. The number of hydrogen-bond donors (Lipinski definition) is 1. The molecule has 0 fully saturated rings. The lowest BCUT2D eigenvalue weighted by atomic mass is 10.2. The first-order chi connectivity index (χ1) is 9.51. The van der Waals surface area contributed by atoms with Gasteiger partial charge in [-0.05, 0) is 25.1 Å². The van der Waals surface area contributed by atoms with Gasteiger partial charge in [-0.3, -0.25) is 9.89 Å². The minimum absolute atomic E-state index is 0.00404. The highest BCUT2D eigenvalue weighted by atomic mass is 19.1. The number of carbonyl (C=O) groups is 1. The molecule has 0 bridgehead atoms. The highest BCUT2D eigenvalue weighted by Gasteiger charge is 2.13. The fourth-order valence-electron chi connectivity index (χ4n) is 1.70. The molecule has 0 amide bonds. The molecule has 1 aromatic carbocycles. The van der Waals surface area contributed by atoms with Crippen LogP contribution in [0.2, 0.25) is 0 Å². The maximum atomic E-state index is 13.5. The standard InChI is InChI=1S/C13H12F2N2O3/c1-2-20-13(19)11-6-12(18)17(16-11)7-8-5-9(14)3-4-10(8)15/h3-6,16H,2,7H2,1H3. The van der Waals surface area contributed by atoms with E-state index in [1.165, 1.54) is 0 Å². The van der Waals surface area contributed by atoms with E-state index in [4.69, 9.17) is 4.74 Å². The molecule has 2 rings (SSSR count). The molecule has 1 heterocycles. The number of rotatable bonds is 4. The highest BCUT2D eigenvalue weighted by molar-refractivity contribution is 5.86. The molecule has 7 heteroatoms. The first-order valence-corrected chi connectivity index (χ1v) is 5.92. The number of carbonyl (C=O) groups excluding carboxylic acids is 1. The summed E-state index contributed by atoms with van der Waals surface area (Å²) in [4.78, 5) is 23.1. The van der Waals surface area contributed by atoms with E-state index in [9.17, 15) is 18.4 Å². The van der Waals surface area contributed by atoms with Gasteiger partial charge in [0.05, 0.1) is 13.2 Å². The molecular formula is C13H12F2N2O3. The lowest BCUT2D eigenvalue weighted by Gasteiger charge is -2.04. The Morgan fingerprint density at radius 2 is 2.10 bits per heavy atom. The van der Waals surface area contributed by atoms with Crippen LogP contribution in [0.25, 0.3) is 0 Å². The van der Waals surface area contributed by atoms with Crippen LogP contribution in [0.15, 0.2) is 29.1 Å². The Bertz CT molecular complexity index is 691. The Morgan fingerprint density at radius 1 is 1.35 bits per heavy atom. The molecule has 20 heavy (non-hydrogen) atoms. The molecule has 0 aliphatic rings. The Hall–Kier alpha value is -2.44. The second-order valence-corrected chi connectivity index (χ2v) is 4.05. The molecule has 0 aliphatic carbocycles. The van der Waals surface area contributed by atoms with Gasteiger partial charge in [-0.15, -0.1) is 0 Å². The van der Waals surface area contributed by atoms with E-state index in [1.807, 2.05) is 0 Å². The van der Waals surface area contributed by atoms with E-state index in [1.54, 1.807) is 6.92 Å². The number of aromatic nitrogens is 2. The number of esters is 1. The van der Waals surface area contributed by atoms with Gasteiger partial charge < -0.3 is 4.74 Å². The molecule has 0 atom stereocenters. The van der Waals surface area contributed by atoms with Gasteiger partial charge in [-0.1, -0.05) is 0 Å². The largest absolute Gasteiger partial charge is 0.461 e. The van der Waals surface area contributed by atoms with E-state index in [0.717, 1.165) is 28.9 Å². The summed E-state index contributed by atoms with van der Waals surface area (Å²) in [5.74, 6) is -1.92. The van der Waals surface area contributed by atoms with Crippen LogP contribution in [-0.2, 0) is 11.3 Å². The van der Waals surface area contributed by atoms with Crippen molar-refractivity contribution in [1.82, 2.24) is 9.78 Å². The molecule has 0 unspecified atom stereocenters. The molecule has 0 aliphatic heterocycles. The molecule has 5 nitrogen and oxygen atoms in total. The molecule has 1 N–H and O–H groups in total. The number of benzene rings is 1. The van der Waals surface area contributed by atoms with Crippen LogP contribution in [0.3, 0.4) is 0 Å². The van der Waals surface area contributed by atoms with Crippen molar-refractivity contribution in [2.45, 2.75) is 13.5 Å². The smallest absolute Gasteiger partial charge is 0.356 e. The van der Waals surface area contributed by atoms with Crippen molar-refractivity contribution in [3.8, 4) is 0 Å². The maximum absolute atomic E-state index is 13.5. The minimum atomic E-state index is -0.678. The van der Waals surface area contributed by atoms with Gasteiger partial charge in [-0.25, -0.2) is 18.3 Å². The van der Waals surface area contributed by atoms with Crippen molar-refractivity contribution in [1.29, 1.82) is 0 Å². The first-order valence-electron chi connectivity index (χ1n) is 5.92. The van der Waals surface area contributed by atoms with Gasteiger partial charge in [0.25, 0.3) is 5.56 Å². The fraction of sp³-hybridized carbons (Fsp3) is 0.231. The van der Waals surface area contributed by atoms with Gasteiger partial charge in [0.1, 0.15) is 17.3 Å². The third-order valence-electron chi connectivity index (χ3n) is 2.62. The Balaban J connectivity index is 2.28. The second kappa shape index (κ2) is 5.68. The van der Waals surface area contributed by atoms with Crippen LogP contribution in [0.4, 0.5) is 8.78 Å². The first kappa shape index (κ1) is 14.0. The topological polar surface area (TPSA) is 64.1 Å². The van der Waals surface area contributed by atoms with Crippen LogP contribution in [-0.4, -0.2) is 22.4 Å². The van der Waals surface area contributed by atoms with Crippen LogP contribution in [0, 0.1) is 11.6 Å². The van der Waals surface area contributed by atoms with E-state index in [2.05, 4.69) is 5.10 Å². The summed E-state index contributed by atoms with van der Waals surface area (Å²) >= 11 is 0. The zero-order chi connectivity index (χ0) is 14.7. The van der Waals surface area contributed by atoms with E-state index < -0.39 is 23.2 Å². The van der Waals surface area contributed by atoms with Gasteiger partial charge in [0.15, 0.2) is 0 Å². The Labute approximate surface area is 112 Å². The number of aromatic amines is 1. The number of halogens is 2. The summed E-state index contributed by atoms with van der Waals surface area (Å²) in [6.07, 6.45) is 0. The quantitative estimate of drug-likeness (QED) is 0.868. The zero-order valence-electron chi connectivity index (χ0n) is 10.7. The van der Waals surface area contributed by atoms with Crippen LogP contribution in [0.1, 0.15) is 23.0 Å². The summed E-state index contributed by atoms with van der Waals surface area (Å²) in [7, 11) is 0. The molecule has 2 aromatic rings. The summed E-state index contributed by atoms with van der Waals surface area (Å²) in [6, 6.07) is 4.01. The lowest BCUT2D eigenvalue weighted by molar-refractivity contribution is 0.0518. The summed E-state index contributed by atoms with van der Waals surface area (Å²) in [6.45, 7) is 1.60. The monoisotopic (exact) mass is 282 g/mol. The second-order valence-electron chi connectivity index (χ2n) is 4.05. The van der Waals surface area contributed by atoms with Crippen LogP contribution in [0.5, 0.6) is 0 Å².